The van der Waals surface area contributed by atoms with Crippen molar-refractivity contribution in [3.05, 3.63) is 93.9 Å². The van der Waals surface area contributed by atoms with Gasteiger partial charge in [-0.3, -0.25) is 14.2 Å². The number of aromatic nitrogens is 2. The van der Waals surface area contributed by atoms with Gasteiger partial charge in [-0.15, -0.1) is 0 Å². The smallest absolute Gasteiger partial charge is 0.265 e. The predicted molar refractivity (Wildman–Crippen MR) is 124 cm³/mol. The molecule has 0 saturated carbocycles. The first-order valence-electron chi connectivity index (χ1n) is 10.1. The third-order valence-corrected chi connectivity index (χ3v) is 5.21. The lowest BCUT2D eigenvalue weighted by molar-refractivity contribution is 0.102. The average molecular weight is 429 g/mol. The van der Waals surface area contributed by atoms with Crippen molar-refractivity contribution in [3.8, 4) is 11.5 Å². The summed E-state index contributed by atoms with van der Waals surface area (Å²) in [4.78, 5) is 30.9. The van der Waals surface area contributed by atoms with Crippen molar-refractivity contribution in [1.29, 1.82) is 0 Å². The Bertz CT molecular complexity index is 1340. The summed E-state index contributed by atoms with van der Waals surface area (Å²) in [7, 11) is 3.05. The summed E-state index contributed by atoms with van der Waals surface area (Å²) in [6.45, 7) is 2.31. The Morgan fingerprint density at radius 3 is 2.53 bits per heavy atom. The van der Waals surface area contributed by atoms with Gasteiger partial charge in [0.05, 0.1) is 26.5 Å². The number of fused-ring (bicyclic) bond motifs is 1. The fourth-order valence-corrected chi connectivity index (χ4v) is 3.48. The van der Waals surface area contributed by atoms with Crippen LogP contribution in [0.2, 0.25) is 0 Å². The first kappa shape index (κ1) is 21.1. The minimum Gasteiger partial charge on any atom is -0.497 e. The van der Waals surface area contributed by atoms with Crippen molar-refractivity contribution in [3.63, 3.8) is 0 Å². The van der Waals surface area contributed by atoms with Gasteiger partial charge in [0.2, 0.25) is 0 Å². The zero-order chi connectivity index (χ0) is 22.7. The molecule has 2 aromatic carbocycles. The predicted octanol–water partition coefficient (Wildman–Crippen LogP) is 4.02. The Morgan fingerprint density at radius 2 is 1.81 bits per heavy atom. The molecule has 2 heterocycles. The normalized spacial score (nSPS) is 10.7. The third-order valence-electron chi connectivity index (χ3n) is 5.21. The molecule has 0 radical (unpaired) electrons. The number of aryl methyl sites for hydroxylation is 1. The Hall–Kier alpha value is -4.13. The van der Waals surface area contributed by atoms with Gasteiger partial charge in [-0.1, -0.05) is 29.8 Å². The zero-order valence-electron chi connectivity index (χ0n) is 18.1. The van der Waals surface area contributed by atoms with E-state index in [0.29, 0.717) is 34.8 Å². The summed E-state index contributed by atoms with van der Waals surface area (Å²) in [5.41, 5.74) is 2.65. The number of methoxy groups -OCH3 is 2. The van der Waals surface area contributed by atoms with Crippen LogP contribution in [0, 0.1) is 6.92 Å². The lowest BCUT2D eigenvalue weighted by Gasteiger charge is -2.14. The van der Waals surface area contributed by atoms with E-state index in [1.54, 1.807) is 43.6 Å². The summed E-state index contributed by atoms with van der Waals surface area (Å²) in [6.07, 6.45) is 1.63. The third kappa shape index (κ3) is 4.18. The van der Waals surface area contributed by atoms with Crippen LogP contribution in [0.4, 0.5) is 5.69 Å². The average Bonchev–Trinajstić information content (AvgIpc) is 2.82. The van der Waals surface area contributed by atoms with E-state index in [1.165, 1.54) is 11.7 Å². The Balaban J connectivity index is 1.76. The van der Waals surface area contributed by atoms with Crippen LogP contribution in [0.3, 0.4) is 0 Å². The maximum absolute atomic E-state index is 13.4. The minimum atomic E-state index is -0.526. The number of nitrogens with zero attached hydrogens (tertiary/aromatic N) is 2. The van der Waals surface area contributed by atoms with Crippen molar-refractivity contribution in [2.45, 2.75) is 13.5 Å². The van der Waals surface area contributed by atoms with Crippen LogP contribution >= 0.6 is 0 Å². The molecule has 0 saturated heterocycles. The molecule has 0 bridgehead atoms. The van der Waals surface area contributed by atoms with Gasteiger partial charge in [-0.2, -0.15) is 0 Å². The molecule has 0 aliphatic heterocycles. The molecule has 1 amide bonds. The first-order chi connectivity index (χ1) is 15.5. The van der Waals surface area contributed by atoms with Crippen molar-refractivity contribution in [1.82, 2.24) is 9.55 Å². The molecule has 1 N–H and O–H groups in total. The van der Waals surface area contributed by atoms with E-state index < -0.39 is 11.5 Å². The van der Waals surface area contributed by atoms with Crippen LogP contribution in [0.25, 0.3) is 11.0 Å². The summed E-state index contributed by atoms with van der Waals surface area (Å²) in [5.74, 6) is 0.499. The zero-order valence-corrected chi connectivity index (χ0v) is 18.1. The summed E-state index contributed by atoms with van der Waals surface area (Å²) >= 11 is 0. The van der Waals surface area contributed by atoms with E-state index >= 15 is 0 Å². The van der Waals surface area contributed by atoms with Gasteiger partial charge in [0.15, 0.2) is 0 Å². The first-order valence-corrected chi connectivity index (χ1v) is 10.1. The molecule has 4 aromatic rings. The van der Waals surface area contributed by atoms with Gasteiger partial charge in [0.25, 0.3) is 11.5 Å². The topological polar surface area (TPSA) is 82.5 Å². The highest BCUT2D eigenvalue weighted by Crippen LogP contribution is 2.29. The molecular weight excluding hydrogens is 406 g/mol. The molecule has 7 heteroatoms. The lowest BCUT2D eigenvalue weighted by atomic mass is 10.1. The number of rotatable bonds is 6. The van der Waals surface area contributed by atoms with Crippen molar-refractivity contribution in [2.24, 2.45) is 0 Å². The fraction of sp³-hybridized carbons (Fsp3) is 0.160. The van der Waals surface area contributed by atoms with Crippen LogP contribution in [0.5, 0.6) is 11.5 Å². The van der Waals surface area contributed by atoms with E-state index in [2.05, 4.69) is 10.3 Å². The molecule has 32 heavy (non-hydrogen) atoms. The maximum Gasteiger partial charge on any atom is 0.265 e. The number of nitrogens with one attached hydrogen (secondary N) is 1. The van der Waals surface area contributed by atoms with Crippen LogP contribution in [0.1, 0.15) is 21.5 Å². The van der Waals surface area contributed by atoms with Crippen LogP contribution in [0.15, 0.2) is 71.7 Å². The van der Waals surface area contributed by atoms with Gasteiger partial charge in [-0.25, -0.2) is 4.98 Å². The standard InChI is InChI=1S/C25H23N3O4/c1-16-6-8-17(9-7-16)15-28-23-18(5-4-12-26-23)13-20(25(28)30)24(29)27-21-11-10-19(31-2)14-22(21)32-3/h4-14H,15H2,1-3H3,(H,27,29). The van der Waals surface area contributed by atoms with E-state index in [4.69, 9.17) is 9.47 Å². The molecule has 7 nitrogen and oxygen atoms in total. The number of amides is 1. The largest absolute Gasteiger partial charge is 0.497 e. The van der Waals surface area contributed by atoms with Crippen LogP contribution in [-0.4, -0.2) is 29.7 Å². The number of hydrogen-bond acceptors (Lipinski definition) is 5. The quantitative estimate of drug-likeness (QED) is 0.501. The molecule has 0 aliphatic carbocycles. The highest BCUT2D eigenvalue weighted by molar-refractivity contribution is 6.06. The van der Waals surface area contributed by atoms with E-state index in [0.717, 1.165) is 11.1 Å². The Morgan fingerprint density at radius 1 is 1.03 bits per heavy atom. The van der Waals surface area contributed by atoms with E-state index in [1.807, 2.05) is 37.3 Å². The molecular formula is C25H23N3O4. The van der Waals surface area contributed by atoms with Gasteiger partial charge in [-0.05, 0) is 42.8 Å². The number of carbonyl (C=O) groups is 1. The summed E-state index contributed by atoms with van der Waals surface area (Å²) in [5, 5.41) is 3.48. The number of anilines is 1. The molecule has 0 atom stereocenters. The molecule has 4 rings (SSSR count). The minimum absolute atomic E-state index is 0.0236. The van der Waals surface area contributed by atoms with Gasteiger partial charge in [0.1, 0.15) is 22.7 Å². The Labute approximate surface area is 185 Å². The SMILES string of the molecule is COc1ccc(NC(=O)c2cc3cccnc3n(Cc3ccc(C)cc3)c2=O)c(OC)c1. The highest BCUT2D eigenvalue weighted by Gasteiger charge is 2.18. The highest BCUT2D eigenvalue weighted by atomic mass is 16.5. The molecule has 0 unspecified atom stereocenters. The molecule has 0 aliphatic rings. The molecule has 0 spiro atoms. The monoisotopic (exact) mass is 429 g/mol. The van der Waals surface area contributed by atoms with Crippen LogP contribution in [-0.2, 0) is 6.54 Å². The fourth-order valence-electron chi connectivity index (χ4n) is 3.48. The number of hydrogen-bond donors (Lipinski definition) is 1. The number of ether oxygens (including phenoxy) is 2. The number of benzene rings is 2. The van der Waals surface area contributed by atoms with Crippen LogP contribution < -0.4 is 20.3 Å². The molecule has 162 valence electrons. The number of carbonyl (C=O) groups excluding carboxylic acids is 1. The summed E-state index contributed by atoms with van der Waals surface area (Å²) < 4.78 is 12.1. The summed E-state index contributed by atoms with van der Waals surface area (Å²) in [6, 6.07) is 18.1. The van der Waals surface area contributed by atoms with E-state index in [9.17, 15) is 9.59 Å². The maximum atomic E-state index is 13.4. The van der Waals surface area contributed by atoms with Gasteiger partial charge < -0.3 is 14.8 Å². The lowest BCUT2D eigenvalue weighted by Crippen LogP contribution is -2.30. The van der Waals surface area contributed by atoms with Crippen molar-refractivity contribution < 1.29 is 14.3 Å². The second-order valence-electron chi connectivity index (χ2n) is 7.37. The van der Waals surface area contributed by atoms with E-state index in [-0.39, 0.29) is 5.56 Å². The second kappa shape index (κ2) is 8.93. The Kier molecular flexibility index (Phi) is 5.89. The van der Waals surface area contributed by atoms with Gasteiger partial charge >= 0.3 is 0 Å². The molecule has 0 fully saturated rings. The van der Waals surface area contributed by atoms with Crippen molar-refractivity contribution >= 4 is 22.6 Å². The molecule has 2 aromatic heterocycles. The number of pyridine rings is 2. The second-order valence-corrected chi connectivity index (χ2v) is 7.37. The van der Waals surface area contributed by atoms with Gasteiger partial charge in [0, 0.05) is 17.6 Å². The van der Waals surface area contributed by atoms with Crippen molar-refractivity contribution in [2.75, 3.05) is 19.5 Å².